The third-order valence-corrected chi connectivity index (χ3v) is 3.00. The molecule has 1 aromatic rings. The normalized spacial score (nSPS) is 21.2. The van der Waals surface area contributed by atoms with Gasteiger partial charge in [-0.1, -0.05) is 15.9 Å². The molecule has 0 fully saturated rings. The lowest BCUT2D eigenvalue weighted by atomic mass is 10.1. The van der Waals surface area contributed by atoms with Crippen molar-refractivity contribution in [2.45, 2.75) is 11.2 Å². The van der Waals surface area contributed by atoms with Gasteiger partial charge in [0.1, 0.15) is 5.83 Å². The Morgan fingerprint density at radius 2 is 2.46 bits per heavy atom. The van der Waals surface area contributed by atoms with Crippen molar-refractivity contribution in [2.24, 2.45) is 7.05 Å². The molecule has 0 spiro atoms. The van der Waals surface area contributed by atoms with Crippen LogP contribution in [0.5, 0.6) is 0 Å². The van der Waals surface area contributed by atoms with E-state index in [0.29, 0.717) is 17.8 Å². The lowest BCUT2D eigenvalue weighted by Crippen LogP contribution is -2.15. The molecular formula is C8H8BrFN2O. The number of fused-ring (bicyclic) bond motifs is 1. The number of allylic oxidation sites excluding steroid dienone is 1. The summed E-state index contributed by atoms with van der Waals surface area (Å²) < 4.78 is 14.6. The monoisotopic (exact) mass is 246 g/mol. The molecule has 0 saturated carbocycles. The van der Waals surface area contributed by atoms with Crippen LogP contribution in [0.3, 0.4) is 0 Å². The van der Waals surface area contributed by atoms with E-state index in [2.05, 4.69) is 20.9 Å². The van der Waals surface area contributed by atoms with Crippen molar-refractivity contribution >= 4 is 21.8 Å². The Kier molecular flexibility index (Phi) is 1.91. The fraction of sp³-hybridized carbons (Fsp3) is 0.375. The van der Waals surface area contributed by atoms with Gasteiger partial charge in [0, 0.05) is 7.05 Å². The lowest BCUT2D eigenvalue weighted by Gasteiger charge is -2.14. The summed E-state index contributed by atoms with van der Waals surface area (Å²) >= 11 is 3.39. The first-order valence-electron chi connectivity index (χ1n) is 3.90. The zero-order valence-electron chi connectivity index (χ0n) is 6.97. The zero-order chi connectivity index (χ0) is 9.59. The fourth-order valence-corrected chi connectivity index (χ4v) is 2.22. The maximum atomic E-state index is 13.2. The largest absolute Gasteiger partial charge is 0.326 e. The number of hydrogen-bond donors (Lipinski definition) is 1. The zero-order valence-corrected chi connectivity index (χ0v) is 8.56. The van der Waals surface area contributed by atoms with E-state index in [1.165, 1.54) is 10.6 Å². The molecule has 0 amide bonds. The quantitative estimate of drug-likeness (QED) is 0.698. The van der Waals surface area contributed by atoms with Crippen LogP contribution in [0.1, 0.15) is 22.6 Å². The van der Waals surface area contributed by atoms with Crippen LogP contribution in [-0.4, -0.2) is 9.55 Å². The Morgan fingerprint density at radius 3 is 3.08 bits per heavy atom. The summed E-state index contributed by atoms with van der Waals surface area (Å²) in [6.45, 7) is 0. The topological polar surface area (TPSA) is 37.8 Å². The Bertz CT molecular complexity index is 432. The number of rotatable bonds is 0. The maximum absolute atomic E-state index is 13.2. The summed E-state index contributed by atoms with van der Waals surface area (Å²) in [5, 5.41) is 0. The van der Waals surface area contributed by atoms with Gasteiger partial charge < -0.3 is 4.98 Å². The fourth-order valence-electron chi connectivity index (χ4n) is 1.50. The highest BCUT2D eigenvalue weighted by Crippen LogP contribution is 2.36. The van der Waals surface area contributed by atoms with Crippen LogP contribution < -0.4 is 5.69 Å². The van der Waals surface area contributed by atoms with Crippen LogP contribution in [0.4, 0.5) is 4.39 Å². The van der Waals surface area contributed by atoms with Gasteiger partial charge in [0.25, 0.3) is 0 Å². The number of nitrogens with zero attached hydrogens (tertiary/aromatic N) is 1. The van der Waals surface area contributed by atoms with Gasteiger partial charge in [-0.3, -0.25) is 4.57 Å². The molecule has 70 valence electrons. The standard InChI is InChI=1S/C8H8BrFN2O/c1-12-7-4(9)2-3-5(10)6(7)11-8(12)13/h3-4H,2H2,1H3,(H,11,13). The second kappa shape index (κ2) is 2.83. The summed E-state index contributed by atoms with van der Waals surface area (Å²) in [5.74, 6) is -0.344. The summed E-state index contributed by atoms with van der Waals surface area (Å²) in [4.78, 5) is 13.7. The highest BCUT2D eigenvalue weighted by Gasteiger charge is 2.24. The second-order valence-electron chi connectivity index (χ2n) is 3.00. The number of aromatic nitrogens is 2. The van der Waals surface area contributed by atoms with Crippen LogP contribution in [0.15, 0.2) is 10.9 Å². The number of halogens is 2. The van der Waals surface area contributed by atoms with Gasteiger partial charge in [-0.15, -0.1) is 0 Å². The van der Waals surface area contributed by atoms with Crippen LogP contribution in [0.2, 0.25) is 0 Å². The SMILES string of the molecule is Cn1c2c([nH]c1=O)C(F)=CCC2Br. The molecule has 0 aliphatic heterocycles. The van der Waals surface area contributed by atoms with Gasteiger partial charge in [0.15, 0.2) is 0 Å². The predicted molar refractivity (Wildman–Crippen MR) is 51.4 cm³/mol. The molecule has 3 nitrogen and oxygen atoms in total. The van der Waals surface area contributed by atoms with Crippen molar-refractivity contribution in [3.8, 4) is 0 Å². The molecule has 1 aliphatic carbocycles. The summed E-state index contributed by atoms with van der Waals surface area (Å²) in [7, 11) is 1.63. The first-order chi connectivity index (χ1) is 6.11. The van der Waals surface area contributed by atoms with Crippen molar-refractivity contribution in [1.82, 2.24) is 9.55 Å². The number of aromatic amines is 1. The Balaban J connectivity index is 2.73. The summed E-state index contributed by atoms with van der Waals surface area (Å²) in [6.07, 6.45) is 2.04. The number of hydrogen-bond acceptors (Lipinski definition) is 1. The van der Waals surface area contributed by atoms with E-state index in [9.17, 15) is 9.18 Å². The molecule has 1 aromatic heterocycles. The third-order valence-electron chi connectivity index (χ3n) is 2.19. The summed E-state index contributed by atoms with van der Waals surface area (Å²) in [5.41, 5.74) is 0.713. The Labute approximate surface area is 82.4 Å². The molecular weight excluding hydrogens is 239 g/mol. The highest BCUT2D eigenvalue weighted by molar-refractivity contribution is 9.09. The van der Waals surface area contributed by atoms with E-state index >= 15 is 0 Å². The molecule has 5 heteroatoms. The van der Waals surface area contributed by atoms with Crippen molar-refractivity contribution in [3.63, 3.8) is 0 Å². The van der Waals surface area contributed by atoms with Gasteiger partial charge in [-0.05, 0) is 12.5 Å². The molecule has 13 heavy (non-hydrogen) atoms. The van der Waals surface area contributed by atoms with Gasteiger partial charge in [-0.2, -0.15) is 0 Å². The number of H-pyrrole nitrogens is 1. The van der Waals surface area contributed by atoms with Crippen LogP contribution in [0, 0.1) is 0 Å². The van der Waals surface area contributed by atoms with Crippen LogP contribution >= 0.6 is 15.9 Å². The smallest absolute Gasteiger partial charge is 0.303 e. The minimum absolute atomic E-state index is 0.0194. The molecule has 1 atom stereocenters. The molecule has 1 aliphatic rings. The number of nitrogens with one attached hydrogen (secondary N) is 1. The van der Waals surface area contributed by atoms with E-state index < -0.39 is 0 Å². The van der Waals surface area contributed by atoms with Crippen molar-refractivity contribution < 1.29 is 4.39 Å². The molecule has 1 N–H and O–H groups in total. The average molecular weight is 247 g/mol. The summed E-state index contributed by atoms with van der Waals surface area (Å²) in [6, 6.07) is 0. The average Bonchev–Trinajstić information content (AvgIpc) is 2.38. The minimum Gasteiger partial charge on any atom is -0.303 e. The van der Waals surface area contributed by atoms with Gasteiger partial charge in [-0.25, -0.2) is 9.18 Å². The molecule has 0 radical (unpaired) electrons. The van der Waals surface area contributed by atoms with E-state index in [4.69, 9.17) is 0 Å². The van der Waals surface area contributed by atoms with E-state index in [0.717, 1.165) is 0 Å². The first-order valence-corrected chi connectivity index (χ1v) is 4.82. The number of alkyl halides is 1. The van der Waals surface area contributed by atoms with Crippen molar-refractivity contribution in [3.05, 3.63) is 27.9 Å². The Hall–Kier alpha value is -0.840. The molecule has 2 rings (SSSR count). The van der Waals surface area contributed by atoms with Crippen molar-refractivity contribution in [2.75, 3.05) is 0 Å². The first kappa shape index (κ1) is 8.74. The van der Waals surface area contributed by atoms with Crippen molar-refractivity contribution in [1.29, 1.82) is 0 Å². The highest BCUT2D eigenvalue weighted by atomic mass is 79.9. The minimum atomic E-state index is -0.344. The second-order valence-corrected chi connectivity index (χ2v) is 4.11. The predicted octanol–water partition coefficient (Wildman–Crippen LogP) is 1.86. The maximum Gasteiger partial charge on any atom is 0.326 e. The Morgan fingerprint density at radius 1 is 1.77 bits per heavy atom. The van der Waals surface area contributed by atoms with Crippen LogP contribution in [-0.2, 0) is 7.05 Å². The van der Waals surface area contributed by atoms with E-state index in [1.54, 1.807) is 7.05 Å². The molecule has 1 heterocycles. The van der Waals surface area contributed by atoms with Gasteiger partial charge >= 0.3 is 5.69 Å². The van der Waals surface area contributed by atoms with E-state index in [-0.39, 0.29) is 16.3 Å². The molecule has 0 bridgehead atoms. The van der Waals surface area contributed by atoms with E-state index in [1.807, 2.05) is 0 Å². The number of imidazole rings is 1. The molecule has 0 saturated heterocycles. The molecule has 1 unspecified atom stereocenters. The van der Waals surface area contributed by atoms with Crippen LogP contribution in [0.25, 0.3) is 5.83 Å². The third kappa shape index (κ3) is 1.18. The molecule has 0 aromatic carbocycles. The lowest BCUT2D eigenvalue weighted by molar-refractivity contribution is 0.713. The van der Waals surface area contributed by atoms with Gasteiger partial charge in [0.2, 0.25) is 0 Å². The van der Waals surface area contributed by atoms with Gasteiger partial charge in [0.05, 0.1) is 16.2 Å².